The third-order valence-corrected chi connectivity index (χ3v) is 7.78. The number of unbranched alkanes of at least 4 members (excludes halogenated alkanes) is 1. The van der Waals surface area contributed by atoms with E-state index < -0.39 is 11.7 Å². The smallest absolute Gasteiger partial charge is 0.363 e. The minimum absolute atomic E-state index is 0.263. The summed E-state index contributed by atoms with van der Waals surface area (Å²) in [5.41, 5.74) is 0.877. The summed E-state index contributed by atoms with van der Waals surface area (Å²) < 4.78 is 39.6. The van der Waals surface area contributed by atoms with Crippen LogP contribution in [-0.2, 0) is 6.18 Å². The van der Waals surface area contributed by atoms with Gasteiger partial charge in [0.2, 0.25) is 0 Å². The highest BCUT2D eigenvalue weighted by Crippen LogP contribution is 2.35. The maximum atomic E-state index is 13.2. The number of halogens is 3. The lowest BCUT2D eigenvalue weighted by Gasteiger charge is -2.33. The topological polar surface area (TPSA) is 57.3 Å². The molecule has 0 spiro atoms. The van der Waals surface area contributed by atoms with Crippen molar-refractivity contribution in [3.05, 3.63) is 70.2 Å². The van der Waals surface area contributed by atoms with Crippen LogP contribution in [0.25, 0.3) is 11.1 Å². The molecule has 1 fully saturated rings. The van der Waals surface area contributed by atoms with Crippen LogP contribution in [0.15, 0.2) is 53.9 Å². The zero-order valence-corrected chi connectivity index (χ0v) is 22.1. The first kappa shape index (κ1) is 27.1. The summed E-state index contributed by atoms with van der Waals surface area (Å²) in [6.45, 7) is 4.72. The Morgan fingerprint density at radius 1 is 1.16 bits per heavy atom. The lowest BCUT2D eigenvalue weighted by molar-refractivity contribution is -0.137. The van der Waals surface area contributed by atoms with Crippen LogP contribution in [0.4, 0.5) is 18.9 Å². The summed E-state index contributed by atoms with van der Waals surface area (Å²) in [7, 11) is 0. The summed E-state index contributed by atoms with van der Waals surface area (Å²) in [6, 6.07) is 11.9. The number of carbonyl (C=O) groups excluding carboxylic acids is 1. The number of likely N-dealkylation sites (tertiary alicyclic amines) is 1. The molecule has 196 valence electrons. The zero-order chi connectivity index (χ0) is 26.4. The van der Waals surface area contributed by atoms with Gasteiger partial charge < -0.3 is 15.5 Å². The third-order valence-electron chi connectivity index (χ3n) is 6.37. The minimum Gasteiger partial charge on any atom is -0.363 e. The van der Waals surface area contributed by atoms with Gasteiger partial charge in [-0.1, -0.05) is 43.7 Å². The first-order chi connectivity index (χ1) is 17.8. The number of alkyl halides is 3. The largest absolute Gasteiger partial charge is 0.416 e. The van der Waals surface area contributed by atoms with Crippen LogP contribution < -0.4 is 10.6 Å². The normalized spacial score (nSPS) is 14.4. The molecule has 0 bridgehead atoms. The van der Waals surface area contributed by atoms with Gasteiger partial charge in [-0.2, -0.15) is 13.2 Å². The van der Waals surface area contributed by atoms with Crippen LogP contribution in [0.2, 0.25) is 0 Å². The number of nitrogens with zero attached hydrogens (tertiary/aromatic N) is 2. The van der Waals surface area contributed by atoms with Crippen molar-refractivity contribution in [1.29, 1.82) is 0 Å². The molecule has 0 radical (unpaired) electrons. The van der Waals surface area contributed by atoms with Gasteiger partial charge in [0.15, 0.2) is 5.11 Å². The molecule has 3 aromatic rings. The van der Waals surface area contributed by atoms with E-state index in [4.69, 9.17) is 12.2 Å². The van der Waals surface area contributed by atoms with E-state index in [1.165, 1.54) is 17.4 Å². The molecule has 5 nitrogen and oxygen atoms in total. The van der Waals surface area contributed by atoms with Gasteiger partial charge in [-0.05, 0) is 55.2 Å². The molecule has 0 atom stereocenters. The van der Waals surface area contributed by atoms with Crippen molar-refractivity contribution in [2.75, 3.05) is 25.0 Å². The van der Waals surface area contributed by atoms with E-state index in [2.05, 4.69) is 27.4 Å². The SMILES string of the molecule is CCCCNC(=S)N1CCC(c2nc(C(=O)Nc3ccccc3-c3cccc(C(F)(F)F)c3)cs2)CC1. The van der Waals surface area contributed by atoms with E-state index in [-0.39, 0.29) is 11.8 Å². The molecule has 2 N–H and O–H groups in total. The molecule has 0 saturated carbocycles. The van der Waals surface area contributed by atoms with Crippen LogP contribution >= 0.6 is 23.6 Å². The second-order valence-electron chi connectivity index (χ2n) is 9.00. The maximum Gasteiger partial charge on any atom is 0.416 e. The molecule has 2 aromatic carbocycles. The second-order valence-corrected chi connectivity index (χ2v) is 10.3. The van der Waals surface area contributed by atoms with Crippen molar-refractivity contribution >= 4 is 40.3 Å². The summed E-state index contributed by atoms with van der Waals surface area (Å²) >= 11 is 6.97. The monoisotopic (exact) mass is 546 g/mol. The number of para-hydroxylation sites is 1. The molecule has 37 heavy (non-hydrogen) atoms. The summed E-state index contributed by atoms with van der Waals surface area (Å²) in [4.78, 5) is 19.8. The fourth-order valence-electron chi connectivity index (χ4n) is 4.29. The van der Waals surface area contributed by atoms with E-state index in [0.717, 1.165) is 67.6 Å². The van der Waals surface area contributed by atoms with E-state index in [1.54, 1.807) is 35.7 Å². The molecule has 1 saturated heterocycles. The van der Waals surface area contributed by atoms with Crippen molar-refractivity contribution in [2.45, 2.75) is 44.7 Å². The number of thiazole rings is 1. The fraction of sp³-hybridized carbons (Fsp3) is 0.370. The number of carbonyl (C=O) groups is 1. The Bertz CT molecular complexity index is 1240. The van der Waals surface area contributed by atoms with Crippen molar-refractivity contribution in [3.8, 4) is 11.1 Å². The van der Waals surface area contributed by atoms with Crippen LogP contribution in [-0.4, -0.2) is 40.5 Å². The highest BCUT2D eigenvalue weighted by molar-refractivity contribution is 7.80. The Morgan fingerprint density at radius 2 is 1.92 bits per heavy atom. The number of hydrogen-bond donors (Lipinski definition) is 2. The van der Waals surface area contributed by atoms with Gasteiger partial charge in [-0.3, -0.25) is 4.79 Å². The number of thiocarbonyl (C=S) groups is 1. The van der Waals surface area contributed by atoms with Gasteiger partial charge in [0.25, 0.3) is 5.91 Å². The number of piperidine rings is 1. The fourth-order valence-corrected chi connectivity index (χ4v) is 5.54. The average molecular weight is 547 g/mol. The number of anilines is 1. The summed E-state index contributed by atoms with van der Waals surface area (Å²) in [6.07, 6.45) is -0.428. The van der Waals surface area contributed by atoms with Crippen molar-refractivity contribution in [1.82, 2.24) is 15.2 Å². The number of aromatic nitrogens is 1. The number of nitrogens with one attached hydrogen (secondary N) is 2. The third kappa shape index (κ3) is 6.87. The molecule has 1 amide bonds. The molecule has 1 aromatic heterocycles. The lowest BCUT2D eigenvalue weighted by Crippen LogP contribution is -2.44. The van der Waals surface area contributed by atoms with Gasteiger partial charge in [0.1, 0.15) is 5.69 Å². The number of rotatable bonds is 7. The van der Waals surface area contributed by atoms with Crippen molar-refractivity contribution in [2.24, 2.45) is 0 Å². The second kappa shape index (κ2) is 12.0. The van der Waals surface area contributed by atoms with Crippen molar-refractivity contribution in [3.63, 3.8) is 0 Å². The Labute approximate surface area is 224 Å². The molecule has 1 aliphatic heterocycles. The predicted molar refractivity (Wildman–Crippen MR) is 146 cm³/mol. The Kier molecular flexibility index (Phi) is 8.81. The van der Waals surface area contributed by atoms with E-state index in [1.807, 2.05) is 0 Å². The number of amides is 1. The van der Waals surface area contributed by atoms with Gasteiger partial charge >= 0.3 is 6.18 Å². The van der Waals surface area contributed by atoms with Gasteiger partial charge in [0, 0.05) is 42.2 Å². The first-order valence-corrected chi connectivity index (χ1v) is 13.6. The van der Waals surface area contributed by atoms with Crippen LogP contribution in [0.3, 0.4) is 0 Å². The average Bonchev–Trinajstić information content (AvgIpc) is 3.39. The quantitative estimate of drug-likeness (QED) is 0.249. The highest BCUT2D eigenvalue weighted by Gasteiger charge is 2.30. The zero-order valence-electron chi connectivity index (χ0n) is 20.5. The Hall–Kier alpha value is -2.98. The van der Waals surface area contributed by atoms with Crippen LogP contribution in [0, 0.1) is 0 Å². The van der Waals surface area contributed by atoms with Crippen LogP contribution in [0.5, 0.6) is 0 Å². The molecule has 0 aliphatic carbocycles. The minimum atomic E-state index is -4.45. The van der Waals surface area contributed by atoms with Crippen LogP contribution in [0.1, 0.15) is 59.6 Å². The summed E-state index contributed by atoms with van der Waals surface area (Å²) in [5, 5.41) is 9.60. The highest BCUT2D eigenvalue weighted by atomic mass is 32.1. The molecule has 4 rings (SSSR count). The number of benzene rings is 2. The molecule has 1 aliphatic rings. The van der Waals surface area contributed by atoms with Crippen molar-refractivity contribution < 1.29 is 18.0 Å². The van der Waals surface area contributed by atoms with E-state index in [9.17, 15) is 18.0 Å². The molecule has 0 unspecified atom stereocenters. The number of hydrogen-bond acceptors (Lipinski definition) is 4. The van der Waals surface area contributed by atoms with E-state index >= 15 is 0 Å². The predicted octanol–water partition coefficient (Wildman–Crippen LogP) is 6.94. The van der Waals surface area contributed by atoms with Gasteiger partial charge in [-0.25, -0.2) is 4.98 Å². The first-order valence-electron chi connectivity index (χ1n) is 12.3. The lowest BCUT2D eigenvalue weighted by atomic mass is 9.98. The maximum absolute atomic E-state index is 13.2. The molecule has 10 heteroatoms. The van der Waals surface area contributed by atoms with E-state index in [0.29, 0.717) is 22.5 Å². The molecular weight excluding hydrogens is 517 g/mol. The Morgan fingerprint density at radius 3 is 2.65 bits per heavy atom. The standard InChI is InChI=1S/C27H29F3N4OS2/c1-2-3-13-31-26(36)34-14-11-18(12-15-34)25-33-23(17-37-25)24(35)32-22-10-5-4-9-21(22)19-7-6-8-20(16-19)27(28,29)30/h4-10,16-18H,2-3,11-15H2,1H3,(H,31,36)(H,32,35). The van der Waals surface area contributed by atoms with Gasteiger partial charge in [-0.15, -0.1) is 11.3 Å². The van der Waals surface area contributed by atoms with Gasteiger partial charge in [0.05, 0.1) is 10.6 Å². The molecule has 2 heterocycles. The Balaban J connectivity index is 1.40. The summed E-state index contributed by atoms with van der Waals surface area (Å²) in [5.74, 6) is -0.126. The molecular formula is C27H29F3N4OS2.